The van der Waals surface area contributed by atoms with E-state index in [0.717, 1.165) is 32.5 Å². The number of anilines is 1. The number of hydrogen-bond acceptors (Lipinski definition) is 6. The van der Waals surface area contributed by atoms with Crippen molar-refractivity contribution in [3.63, 3.8) is 0 Å². The van der Waals surface area contributed by atoms with Gasteiger partial charge in [-0.25, -0.2) is 8.42 Å². The van der Waals surface area contributed by atoms with Gasteiger partial charge in [-0.1, -0.05) is 6.07 Å². The van der Waals surface area contributed by atoms with Crippen molar-refractivity contribution in [3.8, 4) is 16.2 Å². The number of benzene rings is 2. The van der Waals surface area contributed by atoms with Crippen LogP contribution in [0.2, 0.25) is 0 Å². The summed E-state index contributed by atoms with van der Waals surface area (Å²) in [6, 6.07) is 15.0. The predicted molar refractivity (Wildman–Crippen MR) is 113 cm³/mol. The molecule has 144 valence electrons. The Morgan fingerprint density at radius 2 is 1.89 bits per heavy atom. The van der Waals surface area contributed by atoms with Crippen molar-refractivity contribution < 1.29 is 13.2 Å². The minimum absolute atomic E-state index is 0.310. The fourth-order valence-electron chi connectivity index (χ4n) is 3.18. The summed E-state index contributed by atoms with van der Waals surface area (Å²) in [4.78, 5) is 8.19. The van der Waals surface area contributed by atoms with Crippen molar-refractivity contribution in [2.75, 3.05) is 24.9 Å². The lowest BCUT2D eigenvalue weighted by molar-refractivity contribution is 0.415. The number of ether oxygens (including phenoxy) is 1. The third kappa shape index (κ3) is 3.43. The van der Waals surface area contributed by atoms with E-state index < -0.39 is 9.84 Å². The van der Waals surface area contributed by atoms with Crippen molar-refractivity contribution in [3.05, 3.63) is 64.0 Å². The second kappa shape index (κ2) is 7.07. The van der Waals surface area contributed by atoms with Gasteiger partial charge in [0.2, 0.25) is 0 Å². The lowest BCUT2D eigenvalue weighted by atomic mass is 10.1. The molecule has 0 aliphatic carbocycles. The minimum Gasteiger partial charge on any atom is -0.497 e. The van der Waals surface area contributed by atoms with Gasteiger partial charge in [-0.05, 0) is 60.5 Å². The van der Waals surface area contributed by atoms with Crippen molar-refractivity contribution in [1.82, 2.24) is 0 Å². The summed E-state index contributed by atoms with van der Waals surface area (Å²) in [6.07, 6.45) is 3.28. The van der Waals surface area contributed by atoms with Crippen molar-refractivity contribution in [2.45, 2.75) is 11.8 Å². The molecule has 5 nitrogen and oxygen atoms in total. The van der Waals surface area contributed by atoms with E-state index >= 15 is 0 Å². The minimum atomic E-state index is -3.25. The Kier molecular flexibility index (Phi) is 4.72. The van der Waals surface area contributed by atoms with Crippen molar-refractivity contribution in [1.29, 1.82) is 0 Å². The van der Waals surface area contributed by atoms with Gasteiger partial charge in [-0.2, -0.15) is 0 Å². The van der Waals surface area contributed by atoms with Gasteiger partial charge < -0.3 is 9.64 Å². The number of rotatable bonds is 4. The largest absolute Gasteiger partial charge is 0.497 e. The van der Waals surface area contributed by atoms with E-state index in [1.54, 1.807) is 36.6 Å². The monoisotopic (exact) mass is 412 g/mol. The number of nitrogens with zero attached hydrogens (tertiary/aromatic N) is 2. The fraction of sp³-hybridized carbons (Fsp3) is 0.190. The molecule has 1 aliphatic heterocycles. The summed E-state index contributed by atoms with van der Waals surface area (Å²) in [7, 11) is -1.59. The molecule has 0 saturated carbocycles. The Morgan fingerprint density at radius 1 is 1.14 bits per heavy atom. The molecule has 0 bridgehead atoms. The first kappa shape index (κ1) is 18.7. The van der Waals surface area contributed by atoms with Crippen LogP contribution in [-0.2, 0) is 9.84 Å². The smallest absolute Gasteiger partial charge is 0.175 e. The number of thiophene rings is 1. The molecule has 0 fully saturated rings. The molecule has 0 atom stereocenters. The molecule has 28 heavy (non-hydrogen) atoms. The van der Waals surface area contributed by atoms with Crippen LogP contribution in [0.5, 0.6) is 5.75 Å². The first-order valence-electron chi connectivity index (χ1n) is 8.74. The maximum Gasteiger partial charge on any atom is 0.175 e. The van der Waals surface area contributed by atoms with E-state index in [4.69, 9.17) is 9.73 Å². The van der Waals surface area contributed by atoms with E-state index in [-0.39, 0.29) is 0 Å². The van der Waals surface area contributed by atoms with Crippen LogP contribution in [0.25, 0.3) is 16.6 Å². The van der Waals surface area contributed by atoms with Crippen LogP contribution in [0, 0.1) is 6.92 Å². The maximum absolute atomic E-state index is 11.9. The van der Waals surface area contributed by atoms with Crippen molar-refractivity contribution >= 4 is 33.1 Å². The highest BCUT2D eigenvalue weighted by molar-refractivity contribution is 7.90. The molecule has 4 rings (SSSR count). The highest BCUT2D eigenvalue weighted by atomic mass is 32.2. The zero-order chi connectivity index (χ0) is 19.9. The molecule has 0 saturated heterocycles. The standard InChI is InChI=1S/C21H20N2O3S2/c1-14-19-12-23(16-5-4-6-18(11-16)28(3,24)25)13-22-21(19)27-20(14)15-7-9-17(26-2)10-8-15/h4-12H,13H2,1-3H3. The number of methoxy groups -OCH3 is 1. The molecular formula is C21H20N2O3S2. The third-order valence-corrected chi connectivity index (χ3v) is 7.15. The fourth-order valence-corrected chi connectivity index (χ4v) is 4.99. The Morgan fingerprint density at radius 3 is 2.57 bits per heavy atom. The quantitative estimate of drug-likeness (QED) is 0.661. The summed E-state index contributed by atoms with van der Waals surface area (Å²) >= 11 is 1.67. The normalized spacial score (nSPS) is 13.5. The zero-order valence-corrected chi connectivity index (χ0v) is 17.5. The number of sulfone groups is 1. The Bertz CT molecular complexity index is 1260. The lowest BCUT2D eigenvalue weighted by Gasteiger charge is -2.20. The molecule has 2 heterocycles. The van der Waals surface area contributed by atoms with Crippen LogP contribution in [0.15, 0.2) is 58.4 Å². The van der Waals surface area contributed by atoms with Gasteiger partial charge in [-0.3, -0.25) is 4.99 Å². The van der Waals surface area contributed by atoms with Gasteiger partial charge in [-0.15, -0.1) is 11.3 Å². The number of hydrogen-bond donors (Lipinski definition) is 0. The van der Waals surface area contributed by atoms with Crippen LogP contribution >= 0.6 is 11.3 Å². The van der Waals surface area contributed by atoms with E-state index in [1.165, 1.54) is 11.1 Å². The van der Waals surface area contributed by atoms with Gasteiger partial charge in [0, 0.05) is 28.2 Å². The summed E-state index contributed by atoms with van der Waals surface area (Å²) in [5.41, 5.74) is 3.11. The van der Waals surface area contributed by atoms with Crippen LogP contribution in [-0.4, -0.2) is 28.5 Å². The molecule has 1 aliphatic rings. The van der Waals surface area contributed by atoms with Crippen LogP contribution in [0.1, 0.15) is 5.56 Å². The summed E-state index contributed by atoms with van der Waals surface area (Å²) in [5, 5.41) is 1.08. The van der Waals surface area contributed by atoms with Gasteiger partial charge in [0.15, 0.2) is 9.84 Å². The summed E-state index contributed by atoms with van der Waals surface area (Å²) < 4.78 is 30.0. The molecule has 0 N–H and O–H groups in total. The first-order valence-corrected chi connectivity index (χ1v) is 11.4. The average molecular weight is 413 g/mol. The SMILES string of the molecule is COc1ccc(-c2sc3c(c2C)=CN(c2cccc(S(C)(=O)=O)c2)CN=3)cc1. The Labute approximate surface area is 168 Å². The molecule has 3 aromatic rings. The molecule has 0 spiro atoms. The summed E-state index contributed by atoms with van der Waals surface area (Å²) in [6.45, 7) is 2.56. The Balaban J connectivity index is 1.76. The van der Waals surface area contributed by atoms with E-state index in [9.17, 15) is 8.42 Å². The van der Waals surface area contributed by atoms with Crippen LogP contribution in [0.3, 0.4) is 0 Å². The molecule has 2 aromatic carbocycles. The van der Waals surface area contributed by atoms with Crippen LogP contribution in [0.4, 0.5) is 5.69 Å². The predicted octanol–water partition coefficient (Wildman–Crippen LogP) is 2.97. The highest BCUT2D eigenvalue weighted by Gasteiger charge is 2.15. The molecule has 0 radical (unpaired) electrons. The van der Waals surface area contributed by atoms with E-state index in [2.05, 4.69) is 25.3 Å². The van der Waals surface area contributed by atoms with Crippen molar-refractivity contribution in [2.24, 2.45) is 4.99 Å². The average Bonchev–Trinajstić information content (AvgIpc) is 3.03. The van der Waals surface area contributed by atoms with Gasteiger partial charge in [0.25, 0.3) is 0 Å². The second-order valence-electron chi connectivity index (χ2n) is 6.67. The van der Waals surface area contributed by atoms with Crippen LogP contribution < -0.4 is 19.5 Å². The lowest BCUT2D eigenvalue weighted by Crippen LogP contribution is -2.34. The topological polar surface area (TPSA) is 59.0 Å². The first-order chi connectivity index (χ1) is 13.4. The van der Waals surface area contributed by atoms with E-state index in [1.807, 2.05) is 23.1 Å². The maximum atomic E-state index is 11.9. The van der Waals surface area contributed by atoms with Gasteiger partial charge in [0.1, 0.15) is 17.1 Å². The molecular weight excluding hydrogens is 392 g/mol. The Hall–Kier alpha value is -2.64. The molecule has 0 amide bonds. The van der Waals surface area contributed by atoms with Gasteiger partial charge >= 0.3 is 0 Å². The number of fused-ring (bicyclic) bond motifs is 1. The highest BCUT2D eigenvalue weighted by Crippen LogP contribution is 2.27. The zero-order valence-electron chi connectivity index (χ0n) is 15.8. The molecule has 1 aromatic heterocycles. The molecule has 0 unspecified atom stereocenters. The third-order valence-electron chi connectivity index (χ3n) is 4.75. The summed E-state index contributed by atoms with van der Waals surface area (Å²) in [5.74, 6) is 0.830. The van der Waals surface area contributed by atoms with Gasteiger partial charge in [0.05, 0.1) is 12.0 Å². The second-order valence-corrected chi connectivity index (χ2v) is 9.69. The van der Waals surface area contributed by atoms with E-state index in [0.29, 0.717) is 11.6 Å². The molecule has 7 heteroatoms.